The average Bonchev–Trinajstić information content (AvgIpc) is 2.71. The Labute approximate surface area is 94.8 Å². The molecule has 88 valence electrons. The van der Waals surface area contributed by atoms with Crippen LogP contribution in [0.25, 0.3) is 0 Å². The third-order valence-electron chi connectivity index (χ3n) is 2.68. The summed E-state index contributed by atoms with van der Waals surface area (Å²) in [7, 11) is 0. The lowest BCUT2D eigenvalue weighted by Crippen LogP contribution is -2.38. The zero-order valence-corrected chi connectivity index (χ0v) is 9.11. The second-order valence-electron chi connectivity index (χ2n) is 3.90. The van der Waals surface area contributed by atoms with E-state index in [9.17, 15) is 9.59 Å². The molecule has 0 spiro atoms. The number of carboxylic acids is 1. The van der Waals surface area contributed by atoms with E-state index in [0.717, 1.165) is 6.42 Å². The van der Waals surface area contributed by atoms with Gasteiger partial charge in [-0.3, -0.25) is 4.79 Å². The van der Waals surface area contributed by atoms with Crippen LogP contribution in [0, 0.1) is 18.3 Å². The molecule has 0 aromatic rings. The van der Waals surface area contributed by atoms with Gasteiger partial charge in [0.2, 0.25) is 0 Å². The van der Waals surface area contributed by atoms with Gasteiger partial charge >= 0.3 is 12.0 Å². The molecule has 0 radical (unpaired) electrons. The SMILES string of the molecule is C#CCNC(=O)N1CCC(CCC(=O)O)C1. The second-order valence-corrected chi connectivity index (χ2v) is 3.90. The van der Waals surface area contributed by atoms with Gasteiger partial charge in [0.1, 0.15) is 0 Å². The number of hydrogen-bond donors (Lipinski definition) is 2. The summed E-state index contributed by atoms with van der Waals surface area (Å²) in [4.78, 5) is 23.6. The van der Waals surface area contributed by atoms with Crippen molar-refractivity contribution in [1.29, 1.82) is 0 Å². The number of aliphatic carboxylic acids is 1. The number of urea groups is 1. The van der Waals surface area contributed by atoms with Gasteiger partial charge in [-0.25, -0.2) is 4.79 Å². The maximum absolute atomic E-state index is 11.5. The van der Waals surface area contributed by atoms with Crippen LogP contribution in [0.3, 0.4) is 0 Å². The highest BCUT2D eigenvalue weighted by molar-refractivity contribution is 5.74. The van der Waals surface area contributed by atoms with Crippen molar-refractivity contribution >= 4 is 12.0 Å². The first kappa shape index (κ1) is 12.4. The number of hydrogen-bond acceptors (Lipinski definition) is 2. The van der Waals surface area contributed by atoms with Gasteiger partial charge in [-0.2, -0.15) is 0 Å². The number of rotatable bonds is 4. The molecular formula is C11H16N2O3. The van der Waals surface area contributed by atoms with E-state index in [1.807, 2.05) is 0 Å². The Balaban J connectivity index is 2.26. The van der Waals surface area contributed by atoms with Crippen LogP contribution in [-0.4, -0.2) is 41.6 Å². The number of carbonyl (C=O) groups excluding carboxylic acids is 1. The fourth-order valence-corrected chi connectivity index (χ4v) is 1.82. The molecule has 16 heavy (non-hydrogen) atoms. The summed E-state index contributed by atoms with van der Waals surface area (Å²) in [6.45, 7) is 1.54. The number of nitrogens with one attached hydrogen (secondary N) is 1. The van der Waals surface area contributed by atoms with E-state index in [4.69, 9.17) is 11.5 Å². The fourth-order valence-electron chi connectivity index (χ4n) is 1.82. The predicted octanol–water partition coefficient (Wildman–Crippen LogP) is 0.516. The monoisotopic (exact) mass is 224 g/mol. The van der Waals surface area contributed by atoms with Gasteiger partial charge < -0.3 is 15.3 Å². The number of terminal acetylenes is 1. The third kappa shape index (κ3) is 3.81. The van der Waals surface area contributed by atoms with E-state index in [1.54, 1.807) is 4.90 Å². The van der Waals surface area contributed by atoms with Crippen LogP contribution in [0.4, 0.5) is 4.79 Å². The number of nitrogens with zero attached hydrogens (tertiary/aromatic N) is 1. The van der Waals surface area contributed by atoms with Crippen LogP contribution in [0.2, 0.25) is 0 Å². The highest BCUT2D eigenvalue weighted by atomic mass is 16.4. The van der Waals surface area contributed by atoms with Crippen molar-refractivity contribution in [2.45, 2.75) is 19.3 Å². The molecular weight excluding hydrogens is 208 g/mol. The van der Waals surface area contributed by atoms with Crippen molar-refractivity contribution in [2.24, 2.45) is 5.92 Å². The Bertz CT molecular complexity index is 309. The normalized spacial score (nSPS) is 19.2. The molecule has 0 saturated carbocycles. The summed E-state index contributed by atoms with van der Waals surface area (Å²) in [5, 5.41) is 11.1. The standard InChI is InChI=1S/C11H16N2O3/c1-2-6-12-11(16)13-7-5-9(8-13)3-4-10(14)15/h1,9H,3-8H2,(H,12,16)(H,14,15). The zero-order valence-electron chi connectivity index (χ0n) is 9.11. The minimum atomic E-state index is -0.782. The smallest absolute Gasteiger partial charge is 0.318 e. The molecule has 0 bridgehead atoms. The molecule has 0 aliphatic carbocycles. The summed E-state index contributed by atoms with van der Waals surface area (Å²) in [6, 6.07) is -0.157. The van der Waals surface area contributed by atoms with Crippen LogP contribution in [0.5, 0.6) is 0 Å². The van der Waals surface area contributed by atoms with Crippen molar-refractivity contribution in [1.82, 2.24) is 10.2 Å². The lowest BCUT2D eigenvalue weighted by Gasteiger charge is -2.16. The van der Waals surface area contributed by atoms with Gasteiger partial charge in [-0.15, -0.1) is 6.42 Å². The minimum absolute atomic E-state index is 0.157. The van der Waals surface area contributed by atoms with Crippen molar-refractivity contribution in [2.75, 3.05) is 19.6 Å². The molecule has 2 N–H and O–H groups in total. The van der Waals surface area contributed by atoms with Crippen molar-refractivity contribution < 1.29 is 14.7 Å². The molecule has 1 rings (SSSR count). The Hall–Kier alpha value is -1.70. The topological polar surface area (TPSA) is 69.6 Å². The fraction of sp³-hybridized carbons (Fsp3) is 0.636. The quantitative estimate of drug-likeness (QED) is 0.684. The molecule has 1 aliphatic heterocycles. The lowest BCUT2D eigenvalue weighted by atomic mass is 10.0. The predicted molar refractivity (Wildman–Crippen MR) is 58.8 cm³/mol. The van der Waals surface area contributed by atoms with Crippen molar-refractivity contribution in [3.05, 3.63) is 0 Å². The molecule has 1 fully saturated rings. The molecule has 0 aromatic carbocycles. The molecule has 2 amide bonds. The summed E-state index contributed by atoms with van der Waals surface area (Å²) in [6.07, 6.45) is 6.71. The minimum Gasteiger partial charge on any atom is -0.481 e. The molecule has 1 saturated heterocycles. The molecule has 1 unspecified atom stereocenters. The van der Waals surface area contributed by atoms with Crippen molar-refractivity contribution in [3.8, 4) is 12.3 Å². The van der Waals surface area contributed by atoms with Crippen molar-refractivity contribution in [3.63, 3.8) is 0 Å². The summed E-state index contributed by atoms with van der Waals surface area (Å²) < 4.78 is 0. The Morgan fingerprint density at radius 2 is 2.31 bits per heavy atom. The summed E-state index contributed by atoms with van der Waals surface area (Å²) in [5.74, 6) is 1.85. The van der Waals surface area contributed by atoms with E-state index < -0.39 is 5.97 Å². The van der Waals surface area contributed by atoms with E-state index in [-0.39, 0.29) is 19.0 Å². The van der Waals surface area contributed by atoms with Gasteiger partial charge in [0, 0.05) is 19.5 Å². The van der Waals surface area contributed by atoms with Gasteiger partial charge in [0.05, 0.1) is 6.54 Å². The van der Waals surface area contributed by atoms with E-state index >= 15 is 0 Å². The first-order valence-electron chi connectivity index (χ1n) is 5.31. The number of amides is 2. The Morgan fingerprint density at radius 3 is 2.94 bits per heavy atom. The Morgan fingerprint density at radius 1 is 1.56 bits per heavy atom. The largest absolute Gasteiger partial charge is 0.481 e. The van der Waals surface area contributed by atoms with E-state index in [1.165, 1.54) is 0 Å². The van der Waals surface area contributed by atoms with E-state index in [0.29, 0.717) is 25.4 Å². The van der Waals surface area contributed by atoms with Gasteiger partial charge in [-0.05, 0) is 18.8 Å². The van der Waals surface area contributed by atoms with E-state index in [2.05, 4.69) is 11.2 Å². The zero-order chi connectivity index (χ0) is 12.0. The first-order valence-corrected chi connectivity index (χ1v) is 5.31. The Kier molecular flexibility index (Phi) is 4.65. The number of carbonyl (C=O) groups is 2. The molecule has 1 atom stereocenters. The molecule has 1 aliphatic rings. The highest BCUT2D eigenvalue weighted by Crippen LogP contribution is 2.20. The van der Waals surface area contributed by atoms with Crippen LogP contribution in [0.15, 0.2) is 0 Å². The van der Waals surface area contributed by atoms with Crippen LogP contribution < -0.4 is 5.32 Å². The average molecular weight is 224 g/mol. The number of likely N-dealkylation sites (tertiary alicyclic amines) is 1. The van der Waals surface area contributed by atoms with Gasteiger partial charge in [-0.1, -0.05) is 5.92 Å². The lowest BCUT2D eigenvalue weighted by molar-refractivity contribution is -0.137. The van der Waals surface area contributed by atoms with Crippen LogP contribution in [0.1, 0.15) is 19.3 Å². The highest BCUT2D eigenvalue weighted by Gasteiger charge is 2.25. The molecule has 1 heterocycles. The molecule has 5 nitrogen and oxygen atoms in total. The van der Waals surface area contributed by atoms with Gasteiger partial charge in [0.25, 0.3) is 0 Å². The maximum Gasteiger partial charge on any atom is 0.318 e. The summed E-state index contributed by atoms with van der Waals surface area (Å²) >= 11 is 0. The molecule has 0 aromatic heterocycles. The van der Waals surface area contributed by atoms with Gasteiger partial charge in [0.15, 0.2) is 0 Å². The van der Waals surface area contributed by atoms with Crippen LogP contribution >= 0.6 is 0 Å². The second kappa shape index (κ2) is 6.01. The molecule has 5 heteroatoms. The first-order chi connectivity index (χ1) is 7.63. The maximum atomic E-state index is 11.5. The summed E-state index contributed by atoms with van der Waals surface area (Å²) in [5.41, 5.74) is 0. The van der Waals surface area contributed by atoms with Crippen LogP contribution in [-0.2, 0) is 4.79 Å². The third-order valence-corrected chi connectivity index (χ3v) is 2.68. The number of carboxylic acid groups (broad SMARTS) is 1.